The molecule has 540 valence electrons. The predicted molar refractivity (Wildman–Crippen MR) is 368 cm³/mol. The van der Waals surface area contributed by atoms with Crippen molar-refractivity contribution in [1.29, 1.82) is 0 Å². The fourth-order valence-electron chi connectivity index (χ4n) is 10.9. The van der Waals surface area contributed by atoms with Crippen LogP contribution in [0.2, 0.25) is 0 Å². The van der Waals surface area contributed by atoms with E-state index in [2.05, 4.69) is 41.5 Å². The summed E-state index contributed by atoms with van der Waals surface area (Å²) in [7, 11) is -9.90. The third-order valence-corrected chi connectivity index (χ3v) is 19.0. The lowest BCUT2D eigenvalue weighted by Gasteiger charge is -2.21. The summed E-state index contributed by atoms with van der Waals surface area (Å²) in [6.07, 6.45) is 49.9. The first kappa shape index (κ1) is 89.1. The normalized spacial score (nSPS) is 14.4. The van der Waals surface area contributed by atoms with E-state index in [0.717, 1.165) is 102 Å². The lowest BCUT2D eigenvalue weighted by Crippen LogP contribution is -2.30. The molecule has 0 fully saturated rings. The van der Waals surface area contributed by atoms with Crippen LogP contribution in [0.4, 0.5) is 0 Å². The van der Waals surface area contributed by atoms with E-state index in [9.17, 15) is 43.2 Å². The molecule has 3 unspecified atom stereocenters. The van der Waals surface area contributed by atoms with E-state index in [4.69, 9.17) is 37.0 Å². The summed E-state index contributed by atoms with van der Waals surface area (Å²) in [6.45, 7) is 9.58. The average Bonchev–Trinajstić information content (AvgIpc) is 3.69. The Balaban J connectivity index is 5.21. The molecule has 0 aromatic rings. The van der Waals surface area contributed by atoms with Gasteiger partial charge in [0.2, 0.25) is 0 Å². The molecule has 3 N–H and O–H groups in total. The molecule has 17 nitrogen and oxygen atoms in total. The zero-order chi connectivity index (χ0) is 67.2. The summed E-state index contributed by atoms with van der Waals surface area (Å²) in [5.74, 6) is -0.535. The number of rotatable bonds is 71. The van der Waals surface area contributed by atoms with Crippen molar-refractivity contribution in [1.82, 2.24) is 0 Å². The van der Waals surface area contributed by atoms with E-state index in [1.807, 2.05) is 0 Å². The van der Waals surface area contributed by atoms with E-state index in [-0.39, 0.29) is 25.7 Å². The molecule has 0 aliphatic rings. The largest absolute Gasteiger partial charge is 0.472 e. The lowest BCUT2D eigenvalue weighted by atomic mass is 9.99. The molecule has 0 heterocycles. The van der Waals surface area contributed by atoms with E-state index in [1.54, 1.807) is 0 Å². The van der Waals surface area contributed by atoms with Gasteiger partial charge in [-0.1, -0.05) is 318 Å². The second kappa shape index (κ2) is 64.1. The molecule has 0 aromatic heterocycles. The van der Waals surface area contributed by atoms with Crippen molar-refractivity contribution in [2.45, 2.75) is 387 Å². The van der Waals surface area contributed by atoms with E-state index in [1.165, 1.54) is 186 Å². The maximum atomic E-state index is 13.0. The summed E-state index contributed by atoms with van der Waals surface area (Å²) in [5, 5.41) is 10.6. The van der Waals surface area contributed by atoms with Gasteiger partial charge in [-0.25, -0.2) is 9.13 Å². The van der Waals surface area contributed by atoms with Crippen LogP contribution in [0, 0.1) is 11.8 Å². The molecule has 0 aliphatic heterocycles. The molecular formula is C72H140O17P2. The zero-order valence-electron chi connectivity index (χ0n) is 59.1. The molecule has 0 saturated heterocycles. The Morgan fingerprint density at radius 1 is 0.319 bits per heavy atom. The molecule has 0 rings (SSSR count). The van der Waals surface area contributed by atoms with Gasteiger partial charge in [-0.05, 0) is 37.5 Å². The second-order valence-electron chi connectivity index (χ2n) is 26.7. The molecule has 19 heteroatoms. The summed E-state index contributed by atoms with van der Waals surface area (Å²) in [4.78, 5) is 72.6. The van der Waals surface area contributed by atoms with Crippen LogP contribution in [0.5, 0.6) is 0 Å². The molecule has 0 bridgehead atoms. The summed E-state index contributed by atoms with van der Waals surface area (Å²) in [5.41, 5.74) is 0. The number of hydrogen-bond acceptors (Lipinski definition) is 15. The van der Waals surface area contributed by atoms with E-state index < -0.39 is 97.5 Å². The number of aliphatic hydroxyl groups excluding tert-OH is 1. The Kier molecular flexibility index (Phi) is 62.7. The molecule has 6 atom stereocenters. The fourth-order valence-corrected chi connectivity index (χ4v) is 12.5. The fraction of sp³-hybridized carbons (Fsp3) is 0.944. The van der Waals surface area contributed by atoms with Crippen LogP contribution in [0.1, 0.15) is 369 Å². The maximum Gasteiger partial charge on any atom is 0.472 e. The van der Waals surface area contributed by atoms with Crippen LogP contribution < -0.4 is 0 Å². The molecule has 0 radical (unpaired) electrons. The number of esters is 4. The smallest absolute Gasteiger partial charge is 0.462 e. The van der Waals surface area contributed by atoms with E-state index >= 15 is 0 Å². The summed E-state index contributed by atoms with van der Waals surface area (Å²) < 4.78 is 68.3. The highest BCUT2D eigenvalue weighted by Gasteiger charge is 2.30. The van der Waals surface area contributed by atoms with Gasteiger partial charge in [0, 0.05) is 25.7 Å². The quantitative estimate of drug-likeness (QED) is 0.0222. The second-order valence-corrected chi connectivity index (χ2v) is 29.6. The van der Waals surface area contributed by atoms with Gasteiger partial charge < -0.3 is 33.8 Å². The van der Waals surface area contributed by atoms with Crippen molar-refractivity contribution < 1.29 is 80.2 Å². The van der Waals surface area contributed by atoms with E-state index in [0.29, 0.717) is 25.7 Å². The zero-order valence-corrected chi connectivity index (χ0v) is 60.9. The SMILES string of the molecule is CCCCCCCCCCCCC(=O)OC[C@H](COP(=O)(O)OC[C@H](O)COP(=O)(O)OC[C@@H](COC(=O)CCCCCCCCCCC(C)CC)OC(=O)CCCCCCCCCCCCCCCCCCC(C)C)OC(=O)CCCCCCCCCCCC. The number of phosphoric acid groups is 2. The Labute approximate surface area is 556 Å². The van der Waals surface area contributed by atoms with Crippen molar-refractivity contribution in [2.75, 3.05) is 39.6 Å². The molecule has 0 amide bonds. The summed E-state index contributed by atoms with van der Waals surface area (Å²) >= 11 is 0. The van der Waals surface area contributed by atoms with Crippen molar-refractivity contribution in [3.8, 4) is 0 Å². The standard InChI is InChI=1S/C72H140O17P2/c1-7-10-12-14-16-18-29-36-42-48-54-69(74)82-60-67(88-71(76)56-50-44-38-30-19-17-15-13-11-8-2)62-86-90(78,79)84-58-66(73)59-85-91(80,81)87-63-68(61-83-70(75)55-49-43-37-33-32-35-41-47-53-65(6)9-3)89-72(77)57-51-45-39-31-27-25-23-21-20-22-24-26-28-34-40-46-52-64(4)5/h64-68,73H,7-63H2,1-6H3,(H,78,79)(H,80,81)/t65?,66-,67+,68+/m0/s1. The van der Waals surface area contributed by atoms with Crippen LogP contribution >= 0.6 is 15.6 Å². The number of unbranched alkanes of at least 4 members (excludes halogenated alkanes) is 40. The minimum atomic E-state index is -4.95. The third-order valence-electron chi connectivity index (χ3n) is 17.1. The van der Waals surface area contributed by atoms with Crippen LogP contribution in [0.25, 0.3) is 0 Å². The molecule has 0 saturated carbocycles. The van der Waals surface area contributed by atoms with Crippen LogP contribution in [-0.4, -0.2) is 96.7 Å². The van der Waals surface area contributed by atoms with Gasteiger partial charge in [-0.3, -0.25) is 37.3 Å². The van der Waals surface area contributed by atoms with Crippen LogP contribution in [0.3, 0.4) is 0 Å². The Morgan fingerprint density at radius 3 is 0.835 bits per heavy atom. The monoisotopic (exact) mass is 1340 g/mol. The highest BCUT2D eigenvalue weighted by molar-refractivity contribution is 7.47. The Hall–Kier alpha value is -1.94. The van der Waals surface area contributed by atoms with Crippen molar-refractivity contribution in [3.05, 3.63) is 0 Å². The van der Waals surface area contributed by atoms with Crippen LogP contribution in [0.15, 0.2) is 0 Å². The number of phosphoric ester groups is 2. The molecular weight excluding hydrogens is 1200 g/mol. The molecule has 0 aliphatic carbocycles. The van der Waals surface area contributed by atoms with Gasteiger partial charge in [0.1, 0.15) is 19.3 Å². The molecule has 0 aromatic carbocycles. The number of hydrogen-bond donors (Lipinski definition) is 3. The number of carbonyl (C=O) groups excluding carboxylic acids is 4. The predicted octanol–water partition coefficient (Wildman–Crippen LogP) is 20.8. The number of aliphatic hydroxyl groups is 1. The maximum absolute atomic E-state index is 13.0. The van der Waals surface area contributed by atoms with Crippen molar-refractivity contribution in [2.24, 2.45) is 11.8 Å². The Bertz CT molecular complexity index is 1770. The molecule has 91 heavy (non-hydrogen) atoms. The van der Waals surface area contributed by atoms with Gasteiger partial charge in [0.05, 0.1) is 26.4 Å². The van der Waals surface area contributed by atoms with Gasteiger partial charge in [0.25, 0.3) is 0 Å². The Morgan fingerprint density at radius 2 is 0.560 bits per heavy atom. The van der Waals surface area contributed by atoms with Gasteiger partial charge in [-0.15, -0.1) is 0 Å². The summed E-state index contributed by atoms with van der Waals surface area (Å²) in [6, 6.07) is 0. The first-order valence-corrected chi connectivity index (χ1v) is 40.5. The van der Waals surface area contributed by atoms with Crippen molar-refractivity contribution in [3.63, 3.8) is 0 Å². The minimum Gasteiger partial charge on any atom is -0.462 e. The minimum absolute atomic E-state index is 0.106. The van der Waals surface area contributed by atoms with Crippen molar-refractivity contribution >= 4 is 39.5 Å². The van der Waals surface area contributed by atoms with Gasteiger partial charge in [-0.2, -0.15) is 0 Å². The molecule has 0 spiro atoms. The topological polar surface area (TPSA) is 237 Å². The van der Waals surface area contributed by atoms with Crippen LogP contribution in [-0.2, 0) is 65.4 Å². The number of ether oxygens (including phenoxy) is 4. The first-order chi connectivity index (χ1) is 43.9. The number of carbonyl (C=O) groups is 4. The van der Waals surface area contributed by atoms with Gasteiger partial charge in [0.15, 0.2) is 12.2 Å². The lowest BCUT2D eigenvalue weighted by molar-refractivity contribution is -0.161. The third kappa shape index (κ3) is 65.1. The highest BCUT2D eigenvalue weighted by Crippen LogP contribution is 2.45. The first-order valence-electron chi connectivity index (χ1n) is 37.5. The highest BCUT2D eigenvalue weighted by atomic mass is 31.2. The average molecular weight is 1340 g/mol. The van der Waals surface area contributed by atoms with Gasteiger partial charge >= 0.3 is 39.5 Å².